The van der Waals surface area contributed by atoms with Crippen molar-refractivity contribution in [1.82, 2.24) is 5.32 Å². The average Bonchev–Trinajstić information content (AvgIpc) is 3.34. The number of nitrogens with one attached hydrogen (secondary N) is 1. The predicted molar refractivity (Wildman–Crippen MR) is 198 cm³/mol. The number of carbonyl (C=O) groups is 4. The molecule has 13 heteroatoms. The number of aliphatic hydroxyl groups is 3. The Bertz CT molecular complexity index is 1900. The van der Waals surface area contributed by atoms with Gasteiger partial charge < -0.3 is 34.3 Å². The SMILES string of the molecule is O=C(CN1C(=O)[C@H](N[C@@H](CCc2ccccc2)C(=O)OCc2ccccc2)CCc2ccccc21)O[C@@H]1OC(C(=O)OCc2ccccc2)[C@@H](O)C(O)[C@@H]1O. The molecule has 7 atom stereocenters. The molecule has 0 saturated carbocycles. The van der Waals surface area contributed by atoms with Crippen LogP contribution in [0.2, 0.25) is 0 Å². The van der Waals surface area contributed by atoms with Gasteiger partial charge in [0.1, 0.15) is 44.1 Å². The molecular formula is C42H44N2O11. The Hall–Kier alpha value is -5.44. The Morgan fingerprint density at radius 3 is 1.98 bits per heavy atom. The summed E-state index contributed by atoms with van der Waals surface area (Å²) in [5.74, 6) is -3.11. The minimum Gasteiger partial charge on any atom is -0.460 e. The second-order valence-electron chi connectivity index (χ2n) is 13.5. The van der Waals surface area contributed by atoms with Crippen molar-refractivity contribution in [2.24, 2.45) is 0 Å². The first-order valence-corrected chi connectivity index (χ1v) is 18.2. The topological polar surface area (TPSA) is 181 Å². The number of anilines is 1. The normalized spacial score (nSPS) is 22.8. The molecule has 0 radical (unpaired) electrons. The van der Waals surface area contributed by atoms with E-state index in [1.54, 1.807) is 42.5 Å². The van der Waals surface area contributed by atoms with Gasteiger partial charge in [0.15, 0.2) is 6.10 Å². The number of ether oxygens (including phenoxy) is 4. The summed E-state index contributed by atoms with van der Waals surface area (Å²) in [6.45, 7) is -0.744. The molecule has 0 spiro atoms. The second kappa shape index (κ2) is 18.7. The van der Waals surface area contributed by atoms with E-state index in [4.69, 9.17) is 18.9 Å². The third-order valence-electron chi connectivity index (χ3n) is 9.58. The number of amides is 1. The van der Waals surface area contributed by atoms with E-state index in [9.17, 15) is 34.5 Å². The second-order valence-corrected chi connectivity index (χ2v) is 13.5. The molecule has 6 rings (SSSR count). The number of aliphatic hydroxyl groups excluding tert-OH is 3. The van der Waals surface area contributed by atoms with Crippen molar-refractivity contribution in [3.63, 3.8) is 0 Å². The number of fused-ring (bicyclic) bond motifs is 1. The standard InChI is InChI=1S/C42H44N2O11/c45-34(54-42-37(48)35(46)36(47)38(55-42)41(51)53-26-29-16-8-3-9-17-29)24-44-33-19-11-10-18-30(33)21-23-31(39(44)49)43-32(22-20-27-12-4-1-5-13-27)40(50)52-25-28-14-6-2-7-15-28/h1-19,31-32,35-38,42-43,46-48H,20-26H2/t31-,32+,35?,36+,37+,38?,42-/m1/s1. The van der Waals surface area contributed by atoms with Crippen molar-refractivity contribution in [3.8, 4) is 0 Å². The van der Waals surface area contributed by atoms with Gasteiger partial charge in [-0.2, -0.15) is 0 Å². The summed E-state index contributed by atoms with van der Waals surface area (Å²) in [5.41, 5.74) is 3.70. The third kappa shape index (κ3) is 10.2. The maximum atomic E-state index is 14.3. The van der Waals surface area contributed by atoms with Gasteiger partial charge in [-0.15, -0.1) is 0 Å². The first kappa shape index (κ1) is 39.3. The zero-order valence-electron chi connectivity index (χ0n) is 30.0. The maximum absolute atomic E-state index is 14.3. The highest BCUT2D eigenvalue weighted by atomic mass is 16.7. The summed E-state index contributed by atoms with van der Waals surface area (Å²) in [6.07, 6.45) is -7.80. The number of aryl methyl sites for hydroxylation is 2. The smallest absolute Gasteiger partial charge is 0.338 e. The zero-order chi connectivity index (χ0) is 38.7. The zero-order valence-corrected chi connectivity index (χ0v) is 30.0. The number of hydrogen-bond acceptors (Lipinski definition) is 12. The molecule has 55 heavy (non-hydrogen) atoms. The molecule has 0 bridgehead atoms. The lowest BCUT2D eigenvalue weighted by Gasteiger charge is -2.38. The molecule has 2 heterocycles. The van der Waals surface area contributed by atoms with E-state index in [1.807, 2.05) is 72.8 Å². The van der Waals surface area contributed by atoms with Gasteiger partial charge in [0.25, 0.3) is 0 Å². The number of carbonyl (C=O) groups excluding carboxylic acids is 4. The first-order chi connectivity index (χ1) is 26.7. The lowest BCUT2D eigenvalue weighted by molar-refractivity contribution is -0.287. The summed E-state index contributed by atoms with van der Waals surface area (Å²) in [7, 11) is 0. The van der Waals surface area contributed by atoms with E-state index in [2.05, 4.69) is 5.32 Å². The molecule has 1 saturated heterocycles. The van der Waals surface area contributed by atoms with Gasteiger partial charge in [0.05, 0.1) is 6.04 Å². The van der Waals surface area contributed by atoms with Gasteiger partial charge in [-0.3, -0.25) is 24.6 Å². The molecule has 2 aliphatic heterocycles. The van der Waals surface area contributed by atoms with E-state index in [-0.39, 0.29) is 13.2 Å². The molecule has 4 aromatic rings. The van der Waals surface area contributed by atoms with Crippen molar-refractivity contribution < 1.29 is 53.4 Å². The highest BCUT2D eigenvalue weighted by Gasteiger charge is 2.49. The molecule has 0 aliphatic carbocycles. The Labute approximate surface area is 318 Å². The van der Waals surface area contributed by atoms with Crippen LogP contribution in [0.5, 0.6) is 0 Å². The Balaban J connectivity index is 1.15. The van der Waals surface area contributed by atoms with Crippen LogP contribution in [-0.2, 0) is 64.2 Å². The molecule has 13 nitrogen and oxygen atoms in total. The van der Waals surface area contributed by atoms with E-state index >= 15 is 0 Å². The summed E-state index contributed by atoms with van der Waals surface area (Å²) in [6, 6.07) is 32.9. The molecule has 1 fully saturated rings. The summed E-state index contributed by atoms with van der Waals surface area (Å²) >= 11 is 0. The van der Waals surface area contributed by atoms with Crippen LogP contribution in [0.25, 0.3) is 0 Å². The molecule has 4 N–H and O–H groups in total. The molecule has 0 aromatic heterocycles. The molecule has 2 unspecified atom stereocenters. The molecular weight excluding hydrogens is 708 g/mol. The van der Waals surface area contributed by atoms with Gasteiger partial charge in [-0.25, -0.2) is 4.79 Å². The maximum Gasteiger partial charge on any atom is 0.338 e. The Morgan fingerprint density at radius 2 is 1.33 bits per heavy atom. The molecule has 2 aliphatic rings. The number of hydrogen-bond donors (Lipinski definition) is 4. The van der Waals surface area contributed by atoms with Gasteiger partial charge in [-0.05, 0) is 54.0 Å². The predicted octanol–water partition coefficient (Wildman–Crippen LogP) is 2.76. The van der Waals surface area contributed by atoms with Crippen molar-refractivity contribution >= 4 is 29.5 Å². The monoisotopic (exact) mass is 752 g/mol. The number of esters is 3. The van der Waals surface area contributed by atoms with Gasteiger partial charge in [0, 0.05) is 5.69 Å². The fourth-order valence-corrected chi connectivity index (χ4v) is 6.58. The lowest BCUT2D eigenvalue weighted by Crippen LogP contribution is -2.61. The van der Waals surface area contributed by atoms with Gasteiger partial charge >= 0.3 is 17.9 Å². The van der Waals surface area contributed by atoms with Crippen LogP contribution in [0.1, 0.15) is 35.1 Å². The summed E-state index contributed by atoms with van der Waals surface area (Å²) in [4.78, 5) is 55.5. The van der Waals surface area contributed by atoms with Crippen molar-refractivity contribution in [2.75, 3.05) is 11.4 Å². The Kier molecular flexibility index (Phi) is 13.4. The largest absolute Gasteiger partial charge is 0.460 e. The average molecular weight is 753 g/mol. The number of rotatable bonds is 14. The van der Waals surface area contributed by atoms with Crippen LogP contribution < -0.4 is 10.2 Å². The van der Waals surface area contributed by atoms with E-state index in [0.717, 1.165) is 16.7 Å². The van der Waals surface area contributed by atoms with Crippen LogP contribution in [0.3, 0.4) is 0 Å². The minimum atomic E-state index is -1.93. The molecule has 288 valence electrons. The van der Waals surface area contributed by atoms with Crippen LogP contribution in [-0.4, -0.2) is 88.5 Å². The summed E-state index contributed by atoms with van der Waals surface area (Å²) < 4.78 is 21.9. The fraction of sp³-hybridized carbons (Fsp3) is 0.333. The summed E-state index contributed by atoms with van der Waals surface area (Å²) in [5, 5.41) is 35.0. The minimum absolute atomic E-state index is 0.0532. The first-order valence-electron chi connectivity index (χ1n) is 18.2. The number of para-hydroxylation sites is 1. The molecule has 4 aromatic carbocycles. The fourth-order valence-electron chi connectivity index (χ4n) is 6.58. The molecule has 1 amide bonds. The van der Waals surface area contributed by atoms with Crippen LogP contribution >= 0.6 is 0 Å². The van der Waals surface area contributed by atoms with E-state index in [0.29, 0.717) is 36.9 Å². The Morgan fingerprint density at radius 1 is 0.745 bits per heavy atom. The van der Waals surface area contributed by atoms with Gasteiger partial charge in [0.2, 0.25) is 12.2 Å². The highest BCUT2D eigenvalue weighted by molar-refractivity contribution is 6.02. The number of benzene rings is 4. The van der Waals surface area contributed by atoms with Crippen molar-refractivity contribution in [3.05, 3.63) is 138 Å². The third-order valence-corrected chi connectivity index (χ3v) is 9.58. The van der Waals surface area contributed by atoms with Crippen LogP contribution in [0.15, 0.2) is 115 Å². The van der Waals surface area contributed by atoms with Crippen LogP contribution in [0, 0.1) is 0 Å². The van der Waals surface area contributed by atoms with Crippen molar-refractivity contribution in [1.29, 1.82) is 0 Å². The van der Waals surface area contributed by atoms with E-state index in [1.165, 1.54) is 4.90 Å². The number of nitrogens with zero attached hydrogens (tertiary/aromatic N) is 1. The quantitative estimate of drug-likeness (QED) is 0.109. The van der Waals surface area contributed by atoms with Crippen molar-refractivity contribution in [2.45, 2.75) is 81.7 Å². The lowest BCUT2D eigenvalue weighted by atomic mass is 9.99. The highest BCUT2D eigenvalue weighted by Crippen LogP contribution is 2.29. The van der Waals surface area contributed by atoms with E-state index < -0.39 is 73.1 Å². The van der Waals surface area contributed by atoms with Gasteiger partial charge in [-0.1, -0.05) is 109 Å². The van der Waals surface area contributed by atoms with Crippen LogP contribution in [0.4, 0.5) is 5.69 Å².